The van der Waals surface area contributed by atoms with Gasteiger partial charge in [-0.25, -0.2) is 0 Å². The predicted molar refractivity (Wildman–Crippen MR) is 120 cm³/mol. The van der Waals surface area contributed by atoms with E-state index in [4.69, 9.17) is 9.26 Å². The number of anilines is 1. The first-order chi connectivity index (χ1) is 14.4. The van der Waals surface area contributed by atoms with Crippen molar-refractivity contribution in [1.82, 2.24) is 4.98 Å². The Morgan fingerprint density at radius 3 is 2.87 bits per heavy atom. The molecule has 0 amide bonds. The van der Waals surface area contributed by atoms with Crippen molar-refractivity contribution in [1.29, 1.82) is 0 Å². The summed E-state index contributed by atoms with van der Waals surface area (Å²) < 4.78 is 25.1. The third-order valence-electron chi connectivity index (χ3n) is 5.86. The number of phenolic OH excluding ortho intramolecular Hbond substituents is 1. The summed E-state index contributed by atoms with van der Waals surface area (Å²) in [5.74, 6) is 0.478. The molecule has 0 saturated carbocycles. The number of nitrogens with zero attached hydrogens (tertiary/aromatic N) is 1. The summed E-state index contributed by atoms with van der Waals surface area (Å²) in [6, 6.07) is 13.6. The molecule has 0 radical (unpaired) electrons. The largest absolute Gasteiger partial charge is 0.504 e. The fourth-order valence-electron chi connectivity index (χ4n) is 4.03. The molecule has 0 aliphatic carbocycles. The minimum Gasteiger partial charge on any atom is -0.504 e. The molecule has 6 nitrogen and oxygen atoms in total. The predicted octanol–water partition coefficient (Wildman–Crippen LogP) is 5.50. The van der Waals surface area contributed by atoms with Crippen molar-refractivity contribution >= 4 is 24.0 Å². The van der Waals surface area contributed by atoms with Gasteiger partial charge in [0.05, 0.1) is 36.8 Å². The van der Waals surface area contributed by atoms with E-state index in [2.05, 4.69) is 10.3 Å². The molecule has 2 N–H and O–H groups in total. The van der Waals surface area contributed by atoms with Crippen molar-refractivity contribution in [2.24, 2.45) is 0 Å². The number of aryl methyl sites for hydroxylation is 1. The molecule has 1 fully saturated rings. The van der Waals surface area contributed by atoms with Crippen molar-refractivity contribution < 1.29 is 18.9 Å². The van der Waals surface area contributed by atoms with Gasteiger partial charge in [0.2, 0.25) is 7.37 Å². The minimum absolute atomic E-state index is 0.0286. The number of aromatic hydroxyl groups is 1. The molecule has 3 aromatic rings. The lowest BCUT2D eigenvalue weighted by Gasteiger charge is -2.28. The second-order valence-electron chi connectivity index (χ2n) is 7.82. The molecule has 2 heterocycles. The zero-order valence-electron chi connectivity index (χ0n) is 17.5. The first kappa shape index (κ1) is 20.7. The van der Waals surface area contributed by atoms with Gasteiger partial charge in [0.25, 0.3) is 0 Å². The van der Waals surface area contributed by atoms with Crippen molar-refractivity contribution in [2.75, 3.05) is 25.6 Å². The van der Waals surface area contributed by atoms with Gasteiger partial charge in [0.1, 0.15) is 0 Å². The topological polar surface area (TPSA) is 80.7 Å². The molecule has 7 heteroatoms. The van der Waals surface area contributed by atoms with Crippen LogP contribution in [-0.2, 0) is 9.09 Å². The zero-order chi connectivity index (χ0) is 21.3. The van der Waals surface area contributed by atoms with Gasteiger partial charge in [0.15, 0.2) is 11.5 Å². The molecule has 1 aliphatic rings. The van der Waals surface area contributed by atoms with E-state index in [0.29, 0.717) is 24.5 Å². The quantitative estimate of drug-likeness (QED) is 0.507. The minimum atomic E-state index is -2.96. The Bertz CT molecular complexity index is 1120. The number of hydrogen-bond donors (Lipinski definition) is 2. The fourth-order valence-corrected chi connectivity index (χ4v) is 6.84. The lowest BCUT2D eigenvalue weighted by atomic mass is 10.1. The molecule has 1 aliphatic heterocycles. The Morgan fingerprint density at radius 2 is 2.13 bits per heavy atom. The number of fused-ring (bicyclic) bond motifs is 1. The summed E-state index contributed by atoms with van der Waals surface area (Å²) in [5, 5.41) is 14.7. The average molecular weight is 426 g/mol. The van der Waals surface area contributed by atoms with Gasteiger partial charge in [0, 0.05) is 17.6 Å². The molecule has 30 heavy (non-hydrogen) atoms. The van der Waals surface area contributed by atoms with Crippen LogP contribution in [0.25, 0.3) is 10.9 Å². The van der Waals surface area contributed by atoms with Gasteiger partial charge in [-0.2, -0.15) is 0 Å². The Hall–Kier alpha value is -2.56. The van der Waals surface area contributed by atoms with E-state index in [1.54, 1.807) is 12.3 Å². The molecular weight excluding hydrogens is 399 g/mol. The van der Waals surface area contributed by atoms with Crippen LogP contribution < -0.4 is 10.1 Å². The highest BCUT2D eigenvalue weighted by Gasteiger charge is 2.44. The van der Waals surface area contributed by atoms with Crippen LogP contribution in [0.2, 0.25) is 0 Å². The number of nitrogens with one attached hydrogen (secondary N) is 1. The van der Waals surface area contributed by atoms with E-state index in [1.807, 2.05) is 50.2 Å². The maximum absolute atomic E-state index is 13.9. The molecule has 1 saturated heterocycles. The van der Waals surface area contributed by atoms with Gasteiger partial charge in [-0.1, -0.05) is 31.2 Å². The Morgan fingerprint density at radius 1 is 1.33 bits per heavy atom. The third kappa shape index (κ3) is 3.78. The number of para-hydroxylation sites is 1. The molecule has 4 rings (SSSR count). The number of pyridine rings is 1. The highest BCUT2D eigenvalue weighted by atomic mass is 31.2. The van der Waals surface area contributed by atoms with Crippen LogP contribution >= 0.6 is 7.37 Å². The normalized spacial score (nSPS) is 22.2. The van der Waals surface area contributed by atoms with Crippen molar-refractivity contribution in [3.05, 3.63) is 59.8 Å². The average Bonchev–Trinajstić information content (AvgIpc) is 3.09. The highest BCUT2D eigenvalue weighted by molar-refractivity contribution is 7.60. The number of aromatic nitrogens is 1. The van der Waals surface area contributed by atoms with E-state index in [1.165, 1.54) is 7.11 Å². The highest BCUT2D eigenvalue weighted by Crippen LogP contribution is 2.67. The number of ether oxygens (including phenoxy) is 1. The summed E-state index contributed by atoms with van der Waals surface area (Å²) in [6.07, 6.45) is 2.57. The van der Waals surface area contributed by atoms with E-state index < -0.39 is 7.37 Å². The summed E-state index contributed by atoms with van der Waals surface area (Å²) in [4.78, 5) is 4.50. The van der Waals surface area contributed by atoms with Crippen molar-refractivity contribution in [3.63, 3.8) is 0 Å². The number of hydrogen-bond acceptors (Lipinski definition) is 6. The van der Waals surface area contributed by atoms with Gasteiger partial charge in [-0.3, -0.25) is 9.55 Å². The summed E-state index contributed by atoms with van der Waals surface area (Å²) in [5.41, 5.74) is 2.91. The maximum atomic E-state index is 13.9. The molecule has 0 bridgehead atoms. The van der Waals surface area contributed by atoms with E-state index in [9.17, 15) is 9.67 Å². The van der Waals surface area contributed by atoms with E-state index in [0.717, 1.165) is 28.6 Å². The monoisotopic (exact) mass is 426 g/mol. The van der Waals surface area contributed by atoms with Gasteiger partial charge in [-0.15, -0.1) is 0 Å². The van der Waals surface area contributed by atoms with E-state index >= 15 is 0 Å². The Balaban J connectivity index is 1.69. The molecule has 3 atom stereocenters. The van der Waals surface area contributed by atoms with Gasteiger partial charge in [-0.05, 0) is 42.7 Å². The van der Waals surface area contributed by atoms with E-state index in [-0.39, 0.29) is 17.1 Å². The first-order valence-corrected chi connectivity index (χ1v) is 11.9. The fraction of sp³-hybridized carbons (Fsp3) is 0.348. The lowest BCUT2D eigenvalue weighted by Crippen LogP contribution is -2.17. The SMILES string of the molecule is COc1cc(C(CNc2cnc3ccccc3c2)P2(=O)OCCC2C)cc(C)c1O. The Kier molecular flexibility index (Phi) is 5.72. The third-order valence-corrected chi connectivity index (χ3v) is 9.28. The number of methoxy groups -OCH3 is 1. The number of benzene rings is 2. The smallest absolute Gasteiger partial charge is 0.214 e. The summed E-state index contributed by atoms with van der Waals surface area (Å²) in [7, 11) is -1.45. The van der Waals surface area contributed by atoms with Crippen LogP contribution in [-0.4, -0.2) is 36.0 Å². The van der Waals surface area contributed by atoms with Crippen LogP contribution in [0.15, 0.2) is 48.7 Å². The standard InChI is InChI=1S/C23H27N2O4P/c1-15-10-18(12-21(28-3)23(15)26)22(30(27)16(2)8-9-29-30)14-24-19-11-17-6-4-5-7-20(17)25-13-19/h4-7,10-13,16,22,24,26H,8-9,14H2,1-3H3. The molecule has 2 aromatic carbocycles. The molecule has 1 aromatic heterocycles. The Labute approximate surface area is 176 Å². The first-order valence-electron chi connectivity index (χ1n) is 10.1. The van der Waals surface area contributed by atoms with Crippen LogP contribution in [0.5, 0.6) is 11.5 Å². The molecule has 3 unspecified atom stereocenters. The van der Waals surface area contributed by atoms with Crippen LogP contribution in [0.4, 0.5) is 5.69 Å². The molecular formula is C23H27N2O4P. The lowest BCUT2D eigenvalue weighted by molar-refractivity contribution is 0.344. The summed E-state index contributed by atoms with van der Waals surface area (Å²) >= 11 is 0. The van der Waals surface area contributed by atoms with Crippen LogP contribution in [0.3, 0.4) is 0 Å². The zero-order valence-corrected chi connectivity index (χ0v) is 18.4. The van der Waals surface area contributed by atoms with Crippen molar-refractivity contribution in [2.45, 2.75) is 31.6 Å². The molecule has 0 spiro atoms. The summed E-state index contributed by atoms with van der Waals surface area (Å²) in [6.45, 7) is 4.73. The van der Waals surface area contributed by atoms with Crippen LogP contribution in [0.1, 0.15) is 30.1 Å². The number of phenols is 1. The second kappa shape index (κ2) is 8.29. The van der Waals surface area contributed by atoms with Gasteiger partial charge >= 0.3 is 0 Å². The molecule has 158 valence electrons. The van der Waals surface area contributed by atoms with Crippen molar-refractivity contribution in [3.8, 4) is 11.5 Å². The second-order valence-corrected chi connectivity index (χ2v) is 10.9. The van der Waals surface area contributed by atoms with Gasteiger partial charge < -0.3 is 19.7 Å². The van der Waals surface area contributed by atoms with Crippen LogP contribution in [0, 0.1) is 6.92 Å². The maximum Gasteiger partial charge on any atom is 0.214 e. The number of rotatable bonds is 6.